The molecule has 1 atom stereocenters. The Morgan fingerprint density at radius 2 is 1.58 bits per heavy atom. The van der Waals surface area contributed by atoms with Crippen molar-refractivity contribution < 1.29 is 33.7 Å². The molecular formula is C29H26ClNO7. The monoisotopic (exact) mass is 535 g/mol. The largest absolute Gasteiger partial charge is 0.507 e. The predicted molar refractivity (Wildman–Crippen MR) is 143 cm³/mol. The van der Waals surface area contributed by atoms with Gasteiger partial charge < -0.3 is 19.3 Å². The van der Waals surface area contributed by atoms with E-state index in [1.54, 1.807) is 30.3 Å². The van der Waals surface area contributed by atoms with Crippen molar-refractivity contribution in [3.8, 4) is 17.2 Å². The molecule has 0 spiro atoms. The van der Waals surface area contributed by atoms with E-state index in [9.17, 15) is 19.5 Å². The van der Waals surface area contributed by atoms with Gasteiger partial charge in [-0.2, -0.15) is 0 Å². The van der Waals surface area contributed by atoms with Crippen LogP contribution < -0.4 is 19.1 Å². The minimum Gasteiger partial charge on any atom is -0.507 e. The third-order valence-electron chi connectivity index (χ3n) is 6.40. The molecule has 1 fully saturated rings. The second-order valence-electron chi connectivity index (χ2n) is 8.79. The number of aliphatic hydroxyl groups excluding tert-OH is 1. The number of ketones is 1. The fourth-order valence-electron chi connectivity index (χ4n) is 4.36. The number of carbonyl (C=O) groups excluding carboxylic acids is 3. The van der Waals surface area contributed by atoms with Crippen LogP contribution in [0.3, 0.4) is 0 Å². The predicted octanol–water partition coefficient (Wildman–Crippen LogP) is 5.53. The molecule has 3 aromatic rings. The molecule has 0 saturated carbocycles. The number of halogens is 1. The molecule has 196 valence electrons. The van der Waals surface area contributed by atoms with Gasteiger partial charge in [-0.25, -0.2) is 0 Å². The highest BCUT2D eigenvalue weighted by atomic mass is 35.5. The van der Waals surface area contributed by atoms with Gasteiger partial charge in [-0.05, 0) is 60.9 Å². The SMILES string of the molecule is COc1cc(/C(O)=C2\C(=O)C(=O)N(c3ccc(C)c(C)c3)C2c2ccc(OC(C)=O)cc2)c(OC)cc1Cl. The molecule has 0 radical (unpaired) electrons. The van der Waals surface area contributed by atoms with Crippen molar-refractivity contribution in [3.63, 3.8) is 0 Å². The number of amides is 1. The van der Waals surface area contributed by atoms with Crippen LogP contribution in [0.15, 0.2) is 60.2 Å². The standard InChI is InChI=1S/C29H26ClNO7/c1-15-6-9-19(12-16(15)2)31-26(18-7-10-20(11-8-18)38-17(3)32)25(28(34)29(31)35)27(33)21-13-24(37-5)22(30)14-23(21)36-4/h6-14,26,33H,1-5H3/b27-25+. The topological polar surface area (TPSA) is 102 Å². The van der Waals surface area contributed by atoms with Gasteiger partial charge in [-0.15, -0.1) is 0 Å². The third-order valence-corrected chi connectivity index (χ3v) is 6.69. The number of esters is 1. The normalized spacial score (nSPS) is 16.5. The average Bonchev–Trinajstić information content (AvgIpc) is 3.15. The van der Waals surface area contributed by atoms with Crippen LogP contribution in [0.5, 0.6) is 17.2 Å². The van der Waals surface area contributed by atoms with Gasteiger partial charge in [-0.1, -0.05) is 29.8 Å². The van der Waals surface area contributed by atoms with E-state index in [0.29, 0.717) is 17.0 Å². The quantitative estimate of drug-likeness (QED) is 0.146. The third kappa shape index (κ3) is 4.82. The minimum atomic E-state index is -0.991. The number of hydrogen-bond acceptors (Lipinski definition) is 7. The van der Waals surface area contributed by atoms with Crippen molar-refractivity contribution in [2.75, 3.05) is 19.1 Å². The van der Waals surface area contributed by atoms with Crippen LogP contribution in [0.25, 0.3) is 5.76 Å². The lowest BCUT2D eigenvalue weighted by Crippen LogP contribution is -2.29. The first-order valence-corrected chi connectivity index (χ1v) is 12.0. The Hall–Kier alpha value is -4.30. The van der Waals surface area contributed by atoms with Gasteiger partial charge in [0, 0.05) is 18.7 Å². The zero-order valence-electron chi connectivity index (χ0n) is 21.5. The van der Waals surface area contributed by atoms with Gasteiger partial charge in [0.1, 0.15) is 23.0 Å². The number of benzene rings is 3. The summed E-state index contributed by atoms with van der Waals surface area (Å²) >= 11 is 6.23. The van der Waals surface area contributed by atoms with E-state index in [0.717, 1.165) is 11.1 Å². The summed E-state index contributed by atoms with van der Waals surface area (Å²) in [6, 6.07) is 13.7. The Morgan fingerprint density at radius 3 is 2.16 bits per heavy atom. The first kappa shape index (κ1) is 26.8. The molecule has 1 saturated heterocycles. The first-order chi connectivity index (χ1) is 18.1. The number of carbonyl (C=O) groups is 3. The average molecular weight is 536 g/mol. The molecule has 1 heterocycles. The molecule has 8 nitrogen and oxygen atoms in total. The summed E-state index contributed by atoms with van der Waals surface area (Å²) in [6.07, 6.45) is 0. The molecule has 0 aromatic heterocycles. The van der Waals surface area contributed by atoms with Crippen LogP contribution >= 0.6 is 11.6 Å². The fraction of sp³-hybridized carbons (Fsp3) is 0.207. The molecule has 0 aliphatic carbocycles. The summed E-state index contributed by atoms with van der Waals surface area (Å²) in [7, 11) is 2.81. The van der Waals surface area contributed by atoms with Crippen LogP contribution in [0, 0.1) is 13.8 Å². The van der Waals surface area contributed by atoms with Gasteiger partial charge in [0.15, 0.2) is 0 Å². The van der Waals surface area contributed by atoms with E-state index in [4.69, 9.17) is 25.8 Å². The van der Waals surface area contributed by atoms with E-state index < -0.39 is 29.5 Å². The lowest BCUT2D eigenvalue weighted by molar-refractivity contribution is -0.132. The maximum Gasteiger partial charge on any atom is 0.308 e. The number of hydrogen-bond donors (Lipinski definition) is 1. The van der Waals surface area contributed by atoms with Crippen LogP contribution in [0.4, 0.5) is 5.69 Å². The highest BCUT2D eigenvalue weighted by Gasteiger charge is 2.47. The van der Waals surface area contributed by atoms with Crippen molar-refractivity contribution in [2.45, 2.75) is 26.8 Å². The molecule has 0 bridgehead atoms. The lowest BCUT2D eigenvalue weighted by atomic mass is 9.94. The van der Waals surface area contributed by atoms with Gasteiger partial charge in [0.05, 0.1) is 36.4 Å². The Labute approximate surface area is 225 Å². The van der Waals surface area contributed by atoms with Crippen molar-refractivity contribution in [3.05, 3.63) is 87.4 Å². The van der Waals surface area contributed by atoms with E-state index in [1.165, 1.54) is 38.2 Å². The van der Waals surface area contributed by atoms with Crippen molar-refractivity contribution in [1.29, 1.82) is 0 Å². The number of nitrogens with zero attached hydrogens (tertiary/aromatic N) is 1. The van der Waals surface area contributed by atoms with Crippen molar-refractivity contribution in [1.82, 2.24) is 0 Å². The molecule has 1 amide bonds. The Balaban J connectivity index is 1.97. The Bertz CT molecular complexity index is 1480. The van der Waals surface area contributed by atoms with E-state index in [2.05, 4.69) is 0 Å². The van der Waals surface area contributed by atoms with Crippen molar-refractivity contribution in [2.24, 2.45) is 0 Å². The maximum absolute atomic E-state index is 13.5. The number of methoxy groups -OCH3 is 2. The molecule has 1 N–H and O–H groups in total. The van der Waals surface area contributed by atoms with Gasteiger partial charge in [-0.3, -0.25) is 19.3 Å². The zero-order valence-corrected chi connectivity index (χ0v) is 22.3. The van der Waals surface area contributed by atoms with Crippen LogP contribution in [-0.2, 0) is 14.4 Å². The lowest BCUT2D eigenvalue weighted by Gasteiger charge is -2.26. The van der Waals surface area contributed by atoms with Gasteiger partial charge in [0.2, 0.25) is 0 Å². The summed E-state index contributed by atoms with van der Waals surface area (Å²) in [5, 5.41) is 11.8. The molecular weight excluding hydrogens is 510 g/mol. The van der Waals surface area contributed by atoms with Crippen LogP contribution in [-0.4, -0.2) is 37.0 Å². The van der Waals surface area contributed by atoms with Crippen LogP contribution in [0.1, 0.15) is 35.2 Å². The number of aliphatic hydroxyl groups is 1. The Morgan fingerprint density at radius 1 is 0.921 bits per heavy atom. The molecule has 3 aromatic carbocycles. The molecule has 38 heavy (non-hydrogen) atoms. The molecule has 1 aliphatic heterocycles. The fourth-order valence-corrected chi connectivity index (χ4v) is 4.60. The minimum absolute atomic E-state index is 0.133. The second-order valence-corrected chi connectivity index (χ2v) is 9.19. The van der Waals surface area contributed by atoms with E-state index >= 15 is 0 Å². The van der Waals surface area contributed by atoms with Crippen LogP contribution in [0.2, 0.25) is 5.02 Å². The van der Waals surface area contributed by atoms with Gasteiger partial charge in [0.25, 0.3) is 11.7 Å². The number of Topliss-reactive ketones (excluding diaryl/α,β-unsaturated/α-hetero) is 1. The smallest absolute Gasteiger partial charge is 0.308 e. The van der Waals surface area contributed by atoms with E-state index in [-0.39, 0.29) is 27.7 Å². The van der Waals surface area contributed by atoms with Crippen molar-refractivity contribution >= 4 is 40.7 Å². The summed E-state index contributed by atoms with van der Waals surface area (Å²) in [4.78, 5) is 39.7. The number of anilines is 1. The number of aryl methyl sites for hydroxylation is 2. The maximum atomic E-state index is 13.5. The number of rotatable bonds is 6. The summed E-state index contributed by atoms with van der Waals surface area (Å²) in [6.45, 7) is 5.14. The summed E-state index contributed by atoms with van der Waals surface area (Å²) in [5.74, 6) is -1.87. The summed E-state index contributed by atoms with van der Waals surface area (Å²) < 4.78 is 15.8. The van der Waals surface area contributed by atoms with E-state index in [1.807, 2.05) is 26.0 Å². The second kappa shape index (κ2) is 10.6. The molecule has 4 rings (SSSR count). The molecule has 9 heteroatoms. The summed E-state index contributed by atoms with van der Waals surface area (Å²) in [5.41, 5.74) is 2.94. The number of ether oxygens (including phenoxy) is 3. The highest BCUT2D eigenvalue weighted by Crippen LogP contribution is 2.45. The first-order valence-electron chi connectivity index (χ1n) is 11.7. The van der Waals surface area contributed by atoms with Gasteiger partial charge >= 0.3 is 5.97 Å². The molecule has 1 aliphatic rings. The Kier molecular flexibility index (Phi) is 7.46. The molecule has 1 unspecified atom stereocenters. The zero-order chi connectivity index (χ0) is 27.7. The highest BCUT2D eigenvalue weighted by molar-refractivity contribution is 6.51.